The van der Waals surface area contributed by atoms with E-state index in [4.69, 9.17) is 9.63 Å². The van der Waals surface area contributed by atoms with Crippen LogP contribution in [0.25, 0.3) is 0 Å². The highest BCUT2D eigenvalue weighted by molar-refractivity contribution is 7.98. The molecular formula is C8H12N2O3S. The van der Waals surface area contributed by atoms with Crippen molar-refractivity contribution in [3.63, 3.8) is 0 Å². The predicted molar refractivity (Wildman–Crippen MR) is 52.0 cm³/mol. The third-order valence-electron chi connectivity index (χ3n) is 1.59. The Labute approximate surface area is 85.9 Å². The van der Waals surface area contributed by atoms with Crippen LogP contribution in [0.2, 0.25) is 0 Å². The molecule has 1 aromatic rings. The van der Waals surface area contributed by atoms with E-state index in [-0.39, 0.29) is 5.92 Å². The summed E-state index contributed by atoms with van der Waals surface area (Å²) in [6.45, 7) is 3.40. The van der Waals surface area contributed by atoms with Gasteiger partial charge in [0.05, 0.1) is 11.7 Å². The lowest BCUT2D eigenvalue weighted by molar-refractivity contribution is -0.140. The van der Waals surface area contributed by atoms with E-state index in [1.807, 2.05) is 0 Å². The summed E-state index contributed by atoms with van der Waals surface area (Å²) in [5.41, 5.74) is 0. The van der Waals surface area contributed by atoms with E-state index in [1.165, 1.54) is 11.8 Å². The van der Waals surface area contributed by atoms with E-state index in [0.29, 0.717) is 23.2 Å². The van der Waals surface area contributed by atoms with Gasteiger partial charge in [-0.3, -0.25) is 4.79 Å². The molecule has 1 heterocycles. The van der Waals surface area contributed by atoms with Gasteiger partial charge in [-0.15, -0.1) is 0 Å². The summed E-state index contributed by atoms with van der Waals surface area (Å²) in [7, 11) is 0. The zero-order chi connectivity index (χ0) is 10.6. The first-order valence-electron chi connectivity index (χ1n) is 4.19. The Balaban J connectivity index is 2.25. The minimum atomic E-state index is -0.776. The Kier molecular flexibility index (Phi) is 3.94. The highest BCUT2D eigenvalue weighted by Crippen LogP contribution is 2.13. The van der Waals surface area contributed by atoms with Gasteiger partial charge >= 0.3 is 5.97 Å². The SMILES string of the molecule is Cc1nc(CSCC(C)C(=O)O)no1. The van der Waals surface area contributed by atoms with Gasteiger partial charge in [0.1, 0.15) is 0 Å². The molecule has 1 aromatic heterocycles. The standard InChI is InChI=1S/C8H12N2O3S/c1-5(8(11)12)3-14-4-7-9-6(2)13-10-7/h5H,3-4H2,1-2H3,(H,11,12). The molecule has 14 heavy (non-hydrogen) atoms. The van der Waals surface area contributed by atoms with Crippen molar-refractivity contribution in [2.45, 2.75) is 19.6 Å². The summed E-state index contributed by atoms with van der Waals surface area (Å²) in [6, 6.07) is 0. The quantitative estimate of drug-likeness (QED) is 0.800. The van der Waals surface area contributed by atoms with Crippen molar-refractivity contribution in [3.8, 4) is 0 Å². The molecule has 0 aromatic carbocycles. The number of carboxylic acid groups (broad SMARTS) is 1. The Morgan fingerprint density at radius 3 is 2.93 bits per heavy atom. The zero-order valence-corrected chi connectivity index (χ0v) is 8.87. The summed E-state index contributed by atoms with van der Waals surface area (Å²) in [5, 5.41) is 12.3. The maximum absolute atomic E-state index is 10.5. The highest BCUT2D eigenvalue weighted by Gasteiger charge is 2.11. The second-order valence-electron chi connectivity index (χ2n) is 2.98. The molecule has 6 heteroatoms. The summed E-state index contributed by atoms with van der Waals surface area (Å²) >= 11 is 1.49. The Hall–Kier alpha value is -1.04. The molecule has 78 valence electrons. The van der Waals surface area contributed by atoms with Crippen molar-refractivity contribution in [2.75, 3.05) is 5.75 Å². The zero-order valence-electron chi connectivity index (χ0n) is 8.06. The van der Waals surface area contributed by atoms with Crippen LogP contribution in [0, 0.1) is 12.8 Å². The third kappa shape index (κ3) is 3.37. The normalized spacial score (nSPS) is 12.7. The lowest BCUT2D eigenvalue weighted by atomic mass is 10.2. The summed E-state index contributed by atoms with van der Waals surface area (Å²) in [5.74, 6) is 1.18. The molecule has 0 bridgehead atoms. The van der Waals surface area contributed by atoms with Crippen molar-refractivity contribution in [3.05, 3.63) is 11.7 Å². The summed E-state index contributed by atoms with van der Waals surface area (Å²) < 4.78 is 4.78. The van der Waals surface area contributed by atoms with Gasteiger partial charge in [-0.05, 0) is 0 Å². The first kappa shape index (κ1) is 11.0. The molecule has 1 rings (SSSR count). The van der Waals surface area contributed by atoms with Gasteiger partial charge in [-0.2, -0.15) is 16.7 Å². The largest absolute Gasteiger partial charge is 0.481 e. The van der Waals surface area contributed by atoms with Crippen molar-refractivity contribution in [1.82, 2.24) is 10.1 Å². The van der Waals surface area contributed by atoms with Crippen LogP contribution >= 0.6 is 11.8 Å². The number of carbonyl (C=O) groups is 1. The lowest BCUT2D eigenvalue weighted by Gasteiger charge is -2.02. The number of hydrogen-bond donors (Lipinski definition) is 1. The average Bonchev–Trinajstić information content (AvgIpc) is 2.51. The molecular weight excluding hydrogens is 204 g/mol. The topological polar surface area (TPSA) is 76.2 Å². The van der Waals surface area contributed by atoms with Crippen LogP contribution in [0.1, 0.15) is 18.6 Å². The van der Waals surface area contributed by atoms with E-state index < -0.39 is 5.97 Å². The number of rotatable bonds is 5. The smallest absolute Gasteiger partial charge is 0.307 e. The maximum Gasteiger partial charge on any atom is 0.307 e. The van der Waals surface area contributed by atoms with Crippen molar-refractivity contribution < 1.29 is 14.4 Å². The van der Waals surface area contributed by atoms with Crippen molar-refractivity contribution >= 4 is 17.7 Å². The molecule has 0 amide bonds. The lowest BCUT2D eigenvalue weighted by Crippen LogP contribution is -2.11. The molecule has 0 fully saturated rings. The first-order chi connectivity index (χ1) is 6.59. The number of nitrogens with zero attached hydrogens (tertiary/aromatic N) is 2. The third-order valence-corrected chi connectivity index (χ3v) is 2.79. The van der Waals surface area contributed by atoms with Crippen molar-refractivity contribution in [2.24, 2.45) is 5.92 Å². The summed E-state index contributed by atoms with van der Waals surface area (Å²) in [4.78, 5) is 14.5. The Morgan fingerprint density at radius 2 is 2.43 bits per heavy atom. The molecule has 1 unspecified atom stereocenters. The highest BCUT2D eigenvalue weighted by atomic mass is 32.2. The van der Waals surface area contributed by atoms with Gasteiger partial charge in [0.25, 0.3) is 0 Å². The average molecular weight is 216 g/mol. The molecule has 0 spiro atoms. The van der Waals surface area contributed by atoms with Crippen LogP contribution in [0.4, 0.5) is 0 Å². The predicted octanol–water partition coefficient (Wildman–Crippen LogP) is 1.33. The molecule has 0 saturated carbocycles. The number of thioether (sulfide) groups is 1. The van der Waals surface area contributed by atoms with E-state index in [0.717, 1.165) is 0 Å². The van der Waals surface area contributed by atoms with Gasteiger partial charge in [-0.25, -0.2) is 0 Å². The molecule has 1 atom stereocenters. The number of carboxylic acids is 1. The minimum absolute atomic E-state index is 0.340. The number of aryl methyl sites for hydroxylation is 1. The van der Waals surface area contributed by atoms with Gasteiger partial charge in [0.2, 0.25) is 5.89 Å². The van der Waals surface area contributed by atoms with Crippen LogP contribution in [0.5, 0.6) is 0 Å². The molecule has 0 aliphatic heterocycles. The van der Waals surface area contributed by atoms with Crippen LogP contribution in [0.3, 0.4) is 0 Å². The molecule has 5 nitrogen and oxygen atoms in total. The minimum Gasteiger partial charge on any atom is -0.481 e. The van der Waals surface area contributed by atoms with Gasteiger partial charge in [0.15, 0.2) is 5.82 Å². The number of hydrogen-bond acceptors (Lipinski definition) is 5. The Morgan fingerprint density at radius 1 is 1.71 bits per heavy atom. The van der Waals surface area contributed by atoms with Crippen LogP contribution in [-0.4, -0.2) is 27.0 Å². The molecule has 0 radical (unpaired) electrons. The van der Waals surface area contributed by atoms with E-state index >= 15 is 0 Å². The number of aromatic nitrogens is 2. The molecule has 0 saturated heterocycles. The summed E-state index contributed by atoms with van der Waals surface area (Å²) in [6.07, 6.45) is 0. The fourth-order valence-electron chi connectivity index (χ4n) is 0.798. The van der Waals surface area contributed by atoms with E-state index in [1.54, 1.807) is 13.8 Å². The van der Waals surface area contributed by atoms with Crippen molar-refractivity contribution in [1.29, 1.82) is 0 Å². The maximum atomic E-state index is 10.5. The second-order valence-corrected chi connectivity index (χ2v) is 4.01. The molecule has 1 N–H and O–H groups in total. The van der Waals surface area contributed by atoms with Gasteiger partial charge in [-0.1, -0.05) is 12.1 Å². The van der Waals surface area contributed by atoms with Crippen LogP contribution in [0.15, 0.2) is 4.52 Å². The van der Waals surface area contributed by atoms with Crippen LogP contribution < -0.4 is 0 Å². The van der Waals surface area contributed by atoms with Gasteiger partial charge in [0, 0.05) is 12.7 Å². The Bertz CT molecular complexity index is 313. The fraction of sp³-hybridized carbons (Fsp3) is 0.625. The van der Waals surface area contributed by atoms with E-state index in [9.17, 15) is 4.79 Å². The fourth-order valence-corrected chi connectivity index (χ4v) is 1.71. The van der Waals surface area contributed by atoms with E-state index in [2.05, 4.69) is 10.1 Å². The first-order valence-corrected chi connectivity index (χ1v) is 5.35. The van der Waals surface area contributed by atoms with Gasteiger partial charge < -0.3 is 9.63 Å². The van der Waals surface area contributed by atoms with Crippen LogP contribution in [-0.2, 0) is 10.5 Å². The second kappa shape index (κ2) is 4.99. The molecule has 0 aliphatic carbocycles. The molecule has 0 aliphatic rings. The number of aliphatic carboxylic acids is 1. The monoisotopic (exact) mass is 216 g/mol.